The van der Waals surface area contributed by atoms with E-state index in [1.807, 2.05) is 0 Å². The first-order valence-electron chi connectivity index (χ1n) is 6.01. The van der Waals surface area contributed by atoms with E-state index in [4.69, 9.17) is 5.73 Å². The second-order valence-corrected chi connectivity index (χ2v) is 11.8. The Morgan fingerprint density at radius 3 is 2.25 bits per heavy atom. The summed E-state index contributed by atoms with van der Waals surface area (Å²) in [5.74, 6) is 2.31. The first-order chi connectivity index (χ1) is 9.10. The molecule has 3 N–H and O–H groups in total. The van der Waals surface area contributed by atoms with Crippen LogP contribution in [-0.4, -0.2) is 28.9 Å². The monoisotopic (exact) mass is 310 g/mol. The number of nitrogens with two attached hydrogens (primary N) is 1. The predicted octanol–water partition coefficient (Wildman–Crippen LogP) is 0.679. The van der Waals surface area contributed by atoms with Crippen molar-refractivity contribution in [1.29, 1.82) is 0 Å². The number of carbonyl (C=O) groups excluding carboxylic acids is 1. The lowest BCUT2D eigenvalue weighted by molar-refractivity contribution is -0.116. The molecule has 0 radical (unpaired) electrons. The van der Waals surface area contributed by atoms with Crippen LogP contribution in [0.15, 0.2) is 29.2 Å². The van der Waals surface area contributed by atoms with Crippen molar-refractivity contribution in [1.82, 2.24) is 4.72 Å². The van der Waals surface area contributed by atoms with E-state index in [9.17, 15) is 13.2 Å². The molecule has 0 bridgehead atoms. The standard InChI is InChI=1S/C13H18N2O3SSi/c1-20(2,3)9-8-11-4-6-12(7-5-11)19(17,18)15-10-13(14)16/h4-7,15H,10H2,1-3H3,(H2,14,16). The molecule has 0 saturated carbocycles. The average molecular weight is 310 g/mol. The Hall–Kier alpha value is -1.62. The summed E-state index contributed by atoms with van der Waals surface area (Å²) < 4.78 is 25.8. The minimum Gasteiger partial charge on any atom is -0.369 e. The van der Waals surface area contributed by atoms with Gasteiger partial charge in [-0.05, 0) is 24.3 Å². The molecular weight excluding hydrogens is 292 g/mol. The first kappa shape index (κ1) is 16.4. The van der Waals surface area contributed by atoms with Crippen molar-refractivity contribution in [3.05, 3.63) is 29.8 Å². The van der Waals surface area contributed by atoms with Crippen molar-refractivity contribution in [2.75, 3.05) is 6.54 Å². The van der Waals surface area contributed by atoms with Gasteiger partial charge in [0, 0.05) is 5.56 Å². The average Bonchev–Trinajstić information content (AvgIpc) is 2.34. The number of amides is 1. The van der Waals surface area contributed by atoms with E-state index in [0.717, 1.165) is 5.56 Å². The lowest BCUT2D eigenvalue weighted by atomic mass is 10.2. The topological polar surface area (TPSA) is 89.3 Å². The highest BCUT2D eigenvalue weighted by Crippen LogP contribution is 2.10. The van der Waals surface area contributed by atoms with Crippen LogP contribution in [0.25, 0.3) is 0 Å². The molecule has 0 unspecified atom stereocenters. The Morgan fingerprint density at radius 1 is 1.25 bits per heavy atom. The van der Waals surface area contributed by atoms with Crippen LogP contribution in [0.4, 0.5) is 0 Å². The molecule has 0 heterocycles. The van der Waals surface area contributed by atoms with Crippen molar-refractivity contribution in [2.24, 2.45) is 5.73 Å². The minimum atomic E-state index is -3.71. The van der Waals surface area contributed by atoms with Gasteiger partial charge in [-0.2, -0.15) is 0 Å². The summed E-state index contributed by atoms with van der Waals surface area (Å²) in [6.07, 6.45) is 0. The van der Waals surface area contributed by atoms with Gasteiger partial charge in [0.2, 0.25) is 15.9 Å². The maximum Gasteiger partial charge on any atom is 0.241 e. The molecule has 0 aliphatic carbocycles. The summed E-state index contributed by atoms with van der Waals surface area (Å²) in [7, 11) is -5.16. The van der Waals surface area contributed by atoms with Crippen LogP contribution in [-0.2, 0) is 14.8 Å². The van der Waals surface area contributed by atoms with Crippen molar-refractivity contribution in [2.45, 2.75) is 24.5 Å². The molecule has 1 amide bonds. The Morgan fingerprint density at radius 2 is 1.80 bits per heavy atom. The molecule has 0 atom stereocenters. The lowest BCUT2D eigenvalue weighted by Crippen LogP contribution is -2.33. The molecule has 1 aromatic rings. The van der Waals surface area contributed by atoms with Crippen molar-refractivity contribution >= 4 is 24.0 Å². The molecular formula is C13H18N2O3SSi. The molecule has 1 aromatic carbocycles. The molecule has 0 aromatic heterocycles. The van der Waals surface area contributed by atoms with E-state index < -0.39 is 30.5 Å². The van der Waals surface area contributed by atoms with Gasteiger partial charge in [0.15, 0.2) is 0 Å². The summed E-state index contributed by atoms with van der Waals surface area (Å²) in [6, 6.07) is 6.20. The number of hydrogen-bond donors (Lipinski definition) is 2. The van der Waals surface area contributed by atoms with Crippen LogP contribution in [0.2, 0.25) is 19.6 Å². The third kappa shape index (κ3) is 5.57. The molecule has 5 nitrogen and oxygen atoms in total. The van der Waals surface area contributed by atoms with Crippen LogP contribution < -0.4 is 10.5 Å². The van der Waals surface area contributed by atoms with Crippen molar-refractivity contribution in [3.8, 4) is 11.5 Å². The Balaban J connectivity index is 2.90. The predicted molar refractivity (Wildman–Crippen MR) is 81.0 cm³/mol. The molecule has 108 valence electrons. The van der Waals surface area contributed by atoms with Gasteiger partial charge in [-0.25, -0.2) is 13.1 Å². The van der Waals surface area contributed by atoms with E-state index in [1.165, 1.54) is 12.1 Å². The van der Waals surface area contributed by atoms with Gasteiger partial charge in [0.05, 0.1) is 11.4 Å². The first-order valence-corrected chi connectivity index (χ1v) is 11.0. The zero-order chi connectivity index (χ0) is 15.4. The zero-order valence-electron chi connectivity index (χ0n) is 11.7. The van der Waals surface area contributed by atoms with Gasteiger partial charge >= 0.3 is 0 Å². The molecule has 20 heavy (non-hydrogen) atoms. The second kappa shape index (κ2) is 6.22. The maximum absolute atomic E-state index is 11.8. The smallest absolute Gasteiger partial charge is 0.241 e. The van der Waals surface area contributed by atoms with Gasteiger partial charge in [0.1, 0.15) is 8.07 Å². The van der Waals surface area contributed by atoms with Gasteiger partial charge in [-0.3, -0.25) is 4.79 Å². The third-order valence-corrected chi connectivity index (χ3v) is 4.48. The summed E-state index contributed by atoms with van der Waals surface area (Å²) in [5, 5.41) is 0. The number of nitrogens with one attached hydrogen (secondary N) is 1. The quantitative estimate of drug-likeness (QED) is 0.633. The number of rotatable bonds is 4. The highest BCUT2D eigenvalue weighted by atomic mass is 32.2. The second-order valence-electron chi connectivity index (χ2n) is 5.32. The molecule has 1 rings (SSSR count). The van der Waals surface area contributed by atoms with Crippen LogP contribution in [0, 0.1) is 11.5 Å². The van der Waals surface area contributed by atoms with Crippen molar-refractivity contribution in [3.63, 3.8) is 0 Å². The molecule has 0 aliphatic rings. The number of benzene rings is 1. The van der Waals surface area contributed by atoms with E-state index in [-0.39, 0.29) is 4.90 Å². The van der Waals surface area contributed by atoms with Gasteiger partial charge in [-0.1, -0.05) is 25.6 Å². The highest BCUT2D eigenvalue weighted by Gasteiger charge is 2.14. The molecule has 7 heteroatoms. The van der Waals surface area contributed by atoms with E-state index in [1.54, 1.807) is 12.1 Å². The highest BCUT2D eigenvalue weighted by molar-refractivity contribution is 7.89. The Labute approximate surface area is 120 Å². The summed E-state index contributed by atoms with van der Waals surface area (Å²) in [5.41, 5.74) is 8.87. The summed E-state index contributed by atoms with van der Waals surface area (Å²) in [4.78, 5) is 10.7. The molecule has 0 aliphatic heterocycles. The normalized spacial score (nSPS) is 11.6. The summed E-state index contributed by atoms with van der Waals surface area (Å²) in [6.45, 7) is 5.98. The molecule has 0 saturated heterocycles. The molecule has 0 spiro atoms. The van der Waals surface area contributed by atoms with Gasteiger partial charge < -0.3 is 5.73 Å². The van der Waals surface area contributed by atoms with Gasteiger partial charge in [-0.15, -0.1) is 5.54 Å². The number of carbonyl (C=O) groups is 1. The maximum atomic E-state index is 11.8. The Bertz CT molecular complexity index is 650. The number of hydrogen-bond acceptors (Lipinski definition) is 3. The minimum absolute atomic E-state index is 0.0808. The van der Waals surface area contributed by atoms with Crippen molar-refractivity contribution < 1.29 is 13.2 Å². The van der Waals surface area contributed by atoms with E-state index in [2.05, 4.69) is 35.8 Å². The SMILES string of the molecule is C[Si](C)(C)C#Cc1ccc(S(=O)(=O)NCC(N)=O)cc1. The van der Waals surface area contributed by atoms with E-state index >= 15 is 0 Å². The van der Waals surface area contributed by atoms with Gasteiger partial charge in [0.25, 0.3) is 0 Å². The van der Waals surface area contributed by atoms with E-state index in [0.29, 0.717) is 0 Å². The third-order valence-electron chi connectivity index (χ3n) is 2.18. The summed E-state index contributed by atoms with van der Waals surface area (Å²) >= 11 is 0. The van der Waals surface area contributed by atoms with Crippen LogP contribution in [0.1, 0.15) is 5.56 Å². The lowest BCUT2D eigenvalue weighted by Gasteiger charge is -2.05. The fourth-order valence-corrected chi connectivity index (χ4v) is 2.74. The van der Waals surface area contributed by atoms with Crippen LogP contribution in [0.3, 0.4) is 0 Å². The molecule has 0 fully saturated rings. The Kier molecular flexibility index (Phi) is 5.11. The number of primary amides is 1. The number of sulfonamides is 1. The largest absolute Gasteiger partial charge is 0.369 e. The fourth-order valence-electron chi connectivity index (χ4n) is 1.23. The zero-order valence-corrected chi connectivity index (χ0v) is 13.5. The van der Waals surface area contributed by atoms with Crippen LogP contribution in [0.5, 0.6) is 0 Å². The fraction of sp³-hybridized carbons (Fsp3) is 0.308. The van der Waals surface area contributed by atoms with Crippen LogP contribution >= 0.6 is 0 Å².